The van der Waals surface area contributed by atoms with Gasteiger partial charge < -0.3 is 11.1 Å². The number of nitrogens with two attached hydrogens (primary N) is 1. The highest BCUT2D eigenvalue weighted by atomic mass is 32.1. The van der Waals surface area contributed by atoms with Crippen molar-refractivity contribution in [2.45, 2.75) is 52.0 Å². The first-order chi connectivity index (χ1) is 9.84. The lowest BCUT2D eigenvalue weighted by molar-refractivity contribution is -0.119. The number of carbonyl (C=O) groups is 2. The molecule has 2 unspecified atom stereocenters. The number of hydrogen-bond donors (Lipinski definition) is 2. The molecule has 3 N–H and O–H groups in total. The first-order valence-corrected chi connectivity index (χ1v) is 8.25. The molecule has 5 nitrogen and oxygen atoms in total. The standard InChI is InChI=1S/C15H21N3O2S/c1-15(2)6-10-12(11(19)7-15)21-14(17-10)18-13(20)8-3-4-9(16)5-8/h8-9H,3-7,16H2,1-2H3,(H,17,18,20). The zero-order valence-electron chi connectivity index (χ0n) is 12.4. The van der Waals surface area contributed by atoms with Gasteiger partial charge in [0.25, 0.3) is 0 Å². The molecule has 21 heavy (non-hydrogen) atoms. The van der Waals surface area contributed by atoms with Gasteiger partial charge in [0.15, 0.2) is 10.9 Å². The third kappa shape index (κ3) is 3.01. The monoisotopic (exact) mass is 307 g/mol. The number of ketones is 1. The Morgan fingerprint density at radius 2 is 2.14 bits per heavy atom. The summed E-state index contributed by atoms with van der Waals surface area (Å²) in [4.78, 5) is 29.5. The predicted octanol–water partition coefficient (Wildman–Crippen LogP) is 2.36. The summed E-state index contributed by atoms with van der Waals surface area (Å²) in [6.07, 6.45) is 3.81. The zero-order chi connectivity index (χ0) is 15.2. The summed E-state index contributed by atoms with van der Waals surface area (Å²) in [5, 5.41) is 3.42. The molecule has 1 fully saturated rings. The van der Waals surface area contributed by atoms with Crippen LogP contribution in [0, 0.1) is 11.3 Å². The molecule has 114 valence electrons. The number of rotatable bonds is 2. The molecule has 6 heteroatoms. The molecule has 1 saturated carbocycles. The largest absolute Gasteiger partial charge is 0.328 e. The van der Waals surface area contributed by atoms with Crippen molar-refractivity contribution in [3.05, 3.63) is 10.6 Å². The van der Waals surface area contributed by atoms with Crippen molar-refractivity contribution < 1.29 is 9.59 Å². The minimum atomic E-state index is -0.0440. The number of amides is 1. The molecule has 0 saturated heterocycles. The first kappa shape index (κ1) is 14.7. The van der Waals surface area contributed by atoms with E-state index in [1.54, 1.807) is 0 Å². The second-order valence-corrected chi connectivity index (χ2v) is 7.99. The van der Waals surface area contributed by atoms with Gasteiger partial charge in [0, 0.05) is 18.4 Å². The highest BCUT2D eigenvalue weighted by molar-refractivity contribution is 7.17. The van der Waals surface area contributed by atoms with Crippen molar-refractivity contribution in [1.82, 2.24) is 4.98 Å². The number of aromatic nitrogens is 1. The summed E-state index contributed by atoms with van der Waals surface area (Å²) < 4.78 is 0. The topological polar surface area (TPSA) is 85.1 Å². The molecule has 0 radical (unpaired) electrons. The number of thiazole rings is 1. The fourth-order valence-electron chi connectivity index (χ4n) is 3.24. The zero-order valence-corrected chi connectivity index (χ0v) is 13.3. The van der Waals surface area contributed by atoms with Crippen molar-refractivity contribution in [3.63, 3.8) is 0 Å². The molecule has 2 aliphatic carbocycles. The first-order valence-electron chi connectivity index (χ1n) is 7.43. The smallest absolute Gasteiger partial charge is 0.229 e. The molecule has 1 aromatic heterocycles. The minimum absolute atomic E-state index is 0.0132. The van der Waals surface area contributed by atoms with Crippen molar-refractivity contribution in [3.8, 4) is 0 Å². The van der Waals surface area contributed by atoms with Crippen LogP contribution >= 0.6 is 11.3 Å². The van der Waals surface area contributed by atoms with Gasteiger partial charge >= 0.3 is 0 Å². The number of carbonyl (C=O) groups excluding carboxylic acids is 2. The second kappa shape index (κ2) is 5.18. The summed E-state index contributed by atoms with van der Waals surface area (Å²) in [5.74, 6) is 0.107. The Labute approximate surface area is 128 Å². The van der Waals surface area contributed by atoms with Crippen molar-refractivity contribution >= 4 is 28.2 Å². The highest BCUT2D eigenvalue weighted by Gasteiger charge is 2.34. The normalized spacial score (nSPS) is 27.5. The molecular formula is C15H21N3O2S. The van der Waals surface area contributed by atoms with E-state index in [-0.39, 0.29) is 29.1 Å². The molecule has 0 spiro atoms. The van der Waals surface area contributed by atoms with E-state index in [2.05, 4.69) is 24.1 Å². The maximum atomic E-state index is 12.2. The van der Waals surface area contributed by atoms with Crippen LogP contribution in [0.3, 0.4) is 0 Å². The molecule has 1 heterocycles. The van der Waals surface area contributed by atoms with Crippen LogP contribution in [-0.4, -0.2) is 22.7 Å². The summed E-state index contributed by atoms with van der Waals surface area (Å²) in [6, 6.07) is 0.132. The van der Waals surface area contributed by atoms with Gasteiger partial charge in [0.2, 0.25) is 5.91 Å². The number of fused-ring (bicyclic) bond motifs is 1. The molecular weight excluding hydrogens is 286 g/mol. The average Bonchev–Trinajstić information content (AvgIpc) is 2.94. The average molecular weight is 307 g/mol. The van der Waals surface area contributed by atoms with Crippen LogP contribution in [0.4, 0.5) is 5.13 Å². The van der Waals surface area contributed by atoms with Crippen molar-refractivity contribution in [2.24, 2.45) is 17.1 Å². The van der Waals surface area contributed by atoms with E-state index in [0.717, 1.165) is 31.4 Å². The van der Waals surface area contributed by atoms with Gasteiger partial charge in [-0.25, -0.2) is 4.98 Å². The van der Waals surface area contributed by atoms with E-state index < -0.39 is 0 Å². The molecule has 0 aliphatic heterocycles. The summed E-state index contributed by atoms with van der Waals surface area (Å²) in [5.41, 5.74) is 6.64. The maximum Gasteiger partial charge on any atom is 0.229 e. The Bertz CT molecular complexity index is 594. The van der Waals surface area contributed by atoms with Crippen molar-refractivity contribution in [1.29, 1.82) is 0 Å². The Kier molecular flexibility index (Phi) is 3.61. The molecule has 0 bridgehead atoms. The van der Waals surface area contributed by atoms with Crippen LogP contribution in [-0.2, 0) is 11.2 Å². The predicted molar refractivity (Wildman–Crippen MR) is 82.5 cm³/mol. The Hall–Kier alpha value is -1.27. The van der Waals surface area contributed by atoms with Crippen LogP contribution in [0.5, 0.6) is 0 Å². The van der Waals surface area contributed by atoms with E-state index >= 15 is 0 Å². The van der Waals surface area contributed by atoms with E-state index in [1.807, 2.05) is 0 Å². The fraction of sp³-hybridized carbons (Fsp3) is 0.667. The molecule has 3 rings (SSSR count). The van der Waals surface area contributed by atoms with E-state index in [9.17, 15) is 9.59 Å². The van der Waals surface area contributed by atoms with E-state index in [1.165, 1.54) is 11.3 Å². The minimum Gasteiger partial charge on any atom is -0.328 e. The Morgan fingerprint density at radius 3 is 2.81 bits per heavy atom. The molecule has 0 aromatic carbocycles. The van der Waals surface area contributed by atoms with E-state index in [0.29, 0.717) is 16.4 Å². The SMILES string of the molecule is CC1(C)CC(=O)c2sc(NC(=O)C3CCC(N)C3)nc2C1. The molecule has 1 aromatic rings. The quantitative estimate of drug-likeness (QED) is 0.878. The molecule has 2 atom stereocenters. The van der Waals surface area contributed by atoms with Crippen molar-refractivity contribution in [2.75, 3.05) is 5.32 Å². The molecule has 2 aliphatic rings. The summed E-state index contributed by atoms with van der Waals surface area (Å²) in [6.45, 7) is 4.15. The summed E-state index contributed by atoms with van der Waals surface area (Å²) in [7, 11) is 0. The number of Topliss-reactive ketones (excluding diaryl/α,β-unsaturated/α-hetero) is 1. The van der Waals surface area contributed by atoms with Crippen LogP contribution in [0.1, 0.15) is 54.9 Å². The lowest BCUT2D eigenvalue weighted by Crippen LogP contribution is -2.26. The lowest BCUT2D eigenvalue weighted by atomic mass is 9.78. The molecule has 1 amide bonds. The maximum absolute atomic E-state index is 12.2. The number of nitrogens with one attached hydrogen (secondary N) is 1. The third-order valence-electron chi connectivity index (χ3n) is 4.31. The Morgan fingerprint density at radius 1 is 1.38 bits per heavy atom. The van der Waals surface area contributed by atoms with Gasteiger partial charge in [0.1, 0.15) is 0 Å². The number of anilines is 1. The van der Waals surface area contributed by atoms with Crippen LogP contribution in [0.2, 0.25) is 0 Å². The van der Waals surface area contributed by atoms with Gasteiger partial charge in [-0.1, -0.05) is 25.2 Å². The van der Waals surface area contributed by atoms with Gasteiger partial charge in [-0.05, 0) is 31.1 Å². The summed E-state index contributed by atoms with van der Waals surface area (Å²) >= 11 is 1.31. The van der Waals surface area contributed by atoms with Crippen LogP contribution < -0.4 is 11.1 Å². The van der Waals surface area contributed by atoms with Crippen LogP contribution in [0.25, 0.3) is 0 Å². The number of hydrogen-bond acceptors (Lipinski definition) is 5. The van der Waals surface area contributed by atoms with Gasteiger partial charge in [0.05, 0.1) is 10.6 Å². The second-order valence-electron chi connectivity index (χ2n) is 7.00. The third-order valence-corrected chi connectivity index (χ3v) is 5.36. The van der Waals surface area contributed by atoms with E-state index in [4.69, 9.17) is 5.73 Å². The Balaban J connectivity index is 1.73. The van der Waals surface area contributed by atoms with Gasteiger partial charge in [-0.15, -0.1) is 0 Å². The number of nitrogens with zero attached hydrogens (tertiary/aromatic N) is 1. The lowest BCUT2D eigenvalue weighted by Gasteiger charge is -2.26. The van der Waals surface area contributed by atoms with Gasteiger partial charge in [-0.2, -0.15) is 0 Å². The highest BCUT2D eigenvalue weighted by Crippen LogP contribution is 2.38. The van der Waals surface area contributed by atoms with Gasteiger partial charge in [-0.3, -0.25) is 9.59 Å². The fourth-order valence-corrected chi connectivity index (χ4v) is 4.16. The van der Waals surface area contributed by atoms with Crippen LogP contribution in [0.15, 0.2) is 0 Å².